The molecule has 4 nitrogen and oxygen atoms in total. The quantitative estimate of drug-likeness (QED) is 0.920. The number of rotatable bonds is 3. The third-order valence-corrected chi connectivity index (χ3v) is 4.11. The van der Waals surface area contributed by atoms with Crippen LogP contribution in [0.15, 0.2) is 35.1 Å². The number of nitrogens with one attached hydrogen (secondary N) is 1. The molecule has 2 aromatic rings. The number of aromatic nitrogens is 2. The molecule has 18 heavy (non-hydrogen) atoms. The van der Waals surface area contributed by atoms with Crippen molar-refractivity contribution in [2.45, 2.75) is 18.9 Å². The molecule has 5 heteroatoms. The second-order valence-corrected chi connectivity index (χ2v) is 5.58. The molecular weight excluding hydrogens is 246 g/mol. The Morgan fingerprint density at radius 2 is 2.17 bits per heavy atom. The highest BCUT2D eigenvalue weighted by Crippen LogP contribution is 2.24. The van der Waals surface area contributed by atoms with Crippen LogP contribution in [0.4, 0.5) is 5.69 Å². The van der Waals surface area contributed by atoms with Gasteiger partial charge in [-0.2, -0.15) is 11.8 Å². The van der Waals surface area contributed by atoms with Crippen LogP contribution in [0, 0.1) is 0 Å². The molecule has 1 fully saturated rings. The van der Waals surface area contributed by atoms with Crippen molar-refractivity contribution < 1.29 is 4.42 Å². The van der Waals surface area contributed by atoms with E-state index in [1.807, 2.05) is 23.9 Å². The van der Waals surface area contributed by atoms with Crippen LogP contribution >= 0.6 is 11.8 Å². The summed E-state index contributed by atoms with van der Waals surface area (Å²) in [6.45, 7) is 0. The molecule has 1 N–H and O–H groups in total. The summed E-state index contributed by atoms with van der Waals surface area (Å²) >= 11 is 2.04. The molecule has 94 valence electrons. The van der Waals surface area contributed by atoms with Crippen molar-refractivity contribution in [3.05, 3.63) is 30.7 Å². The van der Waals surface area contributed by atoms with Gasteiger partial charge in [-0.05, 0) is 42.5 Å². The molecule has 0 bridgehead atoms. The summed E-state index contributed by atoms with van der Waals surface area (Å²) < 4.78 is 5.21. The van der Waals surface area contributed by atoms with Crippen molar-refractivity contribution >= 4 is 17.4 Å². The Balaban J connectivity index is 1.74. The molecule has 3 rings (SSSR count). The minimum absolute atomic E-state index is 0.567. The zero-order valence-corrected chi connectivity index (χ0v) is 10.8. The average molecular weight is 261 g/mol. The van der Waals surface area contributed by atoms with Gasteiger partial charge in [-0.25, -0.2) is 0 Å². The normalized spacial score (nSPS) is 16.7. The molecule has 0 spiro atoms. The Hall–Kier alpha value is -1.49. The number of hydrogen-bond donors (Lipinski definition) is 1. The van der Waals surface area contributed by atoms with Gasteiger partial charge in [0.15, 0.2) is 0 Å². The van der Waals surface area contributed by atoms with Gasteiger partial charge in [0.1, 0.15) is 0 Å². The number of anilines is 1. The molecule has 1 aromatic heterocycles. The van der Waals surface area contributed by atoms with Crippen LogP contribution in [0.5, 0.6) is 0 Å². The fourth-order valence-corrected chi connectivity index (χ4v) is 3.22. The summed E-state index contributed by atoms with van der Waals surface area (Å²) in [5.41, 5.74) is 2.09. The zero-order chi connectivity index (χ0) is 12.2. The van der Waals surface area contributed by atoms with E-state index in [1.54, 1.807) is 0 Å². The Bertz CT molecular complexity index is 495. The minimum atomic E-state index is 0.567. The SMILES string of the molecule is c1cc(NC2CCSCC2)cc(-c2nnco2)c1. The summed E-state index contributed by atoms with van der Waals surface area (Å²) in [5, 5.41) is 11.2. The lowest BCUT2D eigenvalue weighted by molar-refractivity contribution is 0.568. The fraction of sp³-hybridized carbons (Fsp3) is 0.385. The van der Waals surface area contributed by atoms with Crippen molar-refractivity contribution in [3.63, 3.8) is 0 Å². The van der Waals surface area contributed by atoms with Crippen molar-refractivity contribution in [1.82, 2.24) is 10.2 Å². The number of benzene rings is 1. The molecule has 0 aliphatic carbocycles. The monoisotopic (exact) mass is 261 g/mol. The maximum Gasteiger partial charge on any atom is 0.247 e. The first-order valence-corrected chi connectivity index (χ1v) is 7.28. The van der Waals surface area contributed by atoms with Crippen molar-refractivity contribution in [2.24, 2.45) is 0 Å². The summed E-state index contributed by atoms with van der Waals surface area (Å²) in [5.74, 6) is 3.07. The van der Waals surface area contributed by atoms with Crippen LogP contribution in [0.25, 0.3) is 11.5 Å². The van der Waals surface area contributed by atoms with Crippen molar-refractivity contribution in [3.8, 4) is 11.5 Å². The molecule has 0 radical (unpaired) electrons. The van der Waals surface area contributed by atoms with Crippen molar-refractivity contribution in [2.75, 3.05) is 16.8 Å². The lowest BCUT2D eigenvalue weighted by Gasteiger charge is -2.23. The topological polar surface area (TPSA) is 51.0 Å². The highest BCUT2D eigenvalue weighted by Gasteiger charge is 2.13. The Morgan fingerprint density at radius 3 is 2.94 bits per heavy atom. The average Bonchev–Trinajstić information content (AvgIpc) is 2.94. The molecule has 1 aliphatic rings. The van der Waals surface area contributed by atoms with Crippen LogP contribution in [0.2, 0.25) is 0 Å². The third-order valence-electron chi connectivity index (χ3n) is 3.06. The fourth-order valence-electron chi connectivity index (χ4n) is 2.12. The van der Waals surface area contributed by atoms with Crippen LogP contribution in [0.1, 0.15) is 12.8 Å². The summed E-state index contributed by atoms with van der Waals surface area (Å²) in [6.07, 6.45) is 3.82. The van der Waals surface area contributed by atoms with Gasteiger partial charge < -0.3 is 9.73 Å². The van der Waals surface area contributed by atoms with E-state index >= 15 is 0 Å². The summed E-state index contributed by atoms with van der Waals surface area (Å²) in [6, 6.07) is 8.73. The van der Waals surface area contributed by atoms with E-state index in [9.17, 15) is 0 Å². The maximum atomic E-state index is 5.21. The third kappa shape index (κ3) is 2.67. The predicted molar refractivity (Wildman–Crippen MR) is 73.7 cm³/mol. The standard InChI is InChI=1S/C13H15N3OS/c1-2-10(13-16-14-9-17-13)8-12(3-1)15-11-4-6-18-7-5-11/h1-3,8-9,11,15H,4-7H2. The van der Waals surface area contributed by atoms with E-state index in [4.69, 9.17) is 4.42 Å². The molecule has 0 amide bonds. The lowest BCUT2D eigenvalue weighted by atomic mass is 10.1. The van der Waals surface area contributed by atoms with Gasteiger partial charge in [-0.1, -0.05) is 6.07 Å². The molecule has 2 heterocycles. The molecule has 0 atom stereocenters. The van der Waals surface area contributed by atoms with Crippen LogP contribution < -0.4 is 5.32 Å². The van der Waals surface area contributed by atoms with Crippen molar-refractivity contribution in [1.29, 1.82) is 0 Å². The van der Waals surface area contributed by atoms with Gasteiger partial charge in [-0.3, -0.25) is 0 Å². The first-order chi connectivity index (χ1) is 8.92. The van der Waals surface area contributed by atoms with Gasteiger partial charge in [0.2, 0.25) is 12.3 Å². The largest absolute Gasteiger partial charge is 0.423 e. The summed E-state index contributed by atoms with van der Waals surface area (Å²) in [7, 11) is 0. The van der Waals surface area contributed by atoms with E-state index in [0.717, 1.165) is 11.3 Å². The first-order valence-electron chi connectivity index (χ1n) is 6.13. The number of hydrogen-bond acceptors (Lipinski definition) is 5. The van der Waals surface area contributed by atoms with Crippen LogP contribution in [0.3, 0.4) is 0 Å². The number of thioether (sulfide) groups is 1. The van der Waals surface area contributed by atoms with Gasteiger partial charge in [0.25, 0.3) is 0 Å². The maximum absolute atomic E-state index is 5.21. The van der Waals surface area contributed by atoms with E-state index in [-0.39, 0.29) is 0 Å². The smallest absolute Gasteiger partial charge is 0.247 e. The molecule has 1 aromatic carbocycles. The van der Waals surface area contributed by atoms with Crippen LogP contribution in [-0.2, 0) is 0 Å². The number of nitrogens with zero attached hydrogens (tertiary/aromatic N) is 2. The highest BCUT2D eigenvalue weighted by molar-refractivity contribution is 7.99. The van der Waals surface area contributed by atoms with Gasteiger partial charge in [-0.15, -0.1) is 10.2 Å². The van der Waals surface area contributed by atoms with Gasteiger partial charge in [0.05, 0.1) is 0 Å². The Labute approximate surface area is 110 Å². The van der Waals surface area contributed by atoms with Gasteiger partial charge >= 0.3 is 0 Å². The lowest BCUT2D eigenvalue weighted by Crippen LogP contribution is -2.24. The Morgan fingerprint density at radius 1 is 1.28 bits per heavy atom. The molecule has 1 aliphatic heterocycles. The van der Waals surface area contributed by atoms with E-state index < -0.39 is 0 Å². The molecule has 1 saturated heterocycles. The molecular formula is C13H15N3OS. The predicted octanol–water partition coefficient (Wildman–Crippen LogP) is 3.04. The molecule has 0 saturated carbocycles. The summed E-state index contributed by atoms with van der Waals surface area (Å²) in [4.78, 5) is 0. The second-order valence-electron chi connectivity index (χ2n) is 4.36. The van der Waals surface area contributed by atoms with Gasteiger partial charge in [0, 0.05) is 17.3 Å². The van der Waals surface area contributed by atoms with E-state index in [0.29, 0.717) is 11.9 Å². The second kappa shape index (κ2) is 5.44. The van der Waals surface area contributed by atoms with E-state index in [1.165, 1.54) is 30.7 Å². The minimum Gasteiger partial charge on any atom is -0.423 e. The highest BCUT2D eigenvalue weighted by atomic mass is 32.2. The van der Waals surface area contributed by atoms with Crippen LogP contribution in [-0.4, -0.2) is 27.7 Å². The Kier molecular flexibility index (Phi) is 3.50. The zero-order valence-electron chi connectivity index (χ0n) is 10.0. The first kappa shape index (κ1) is 11.6. The molecule has 0 unspecified atom stereocenters. The van der Waals surface area contributed by atoms with E-state index in [2.05, 4.69) is 27.6 Å².